The Morgan fingerprint density at radius 3 is 2.81 bits per heavy atom. The summed E-state index contributed by atoms with van der Waals surface area (Å²) in [6, 6.07) is 4.46. The number of rotatable bonds is 4. The third kappa shape index (κ3) is 3.55. The molecule has 1 fully saturated rings. The lowest BCUT2D eigenvalue weighted by molar-refractivity contribution is 0.381. The Bertz CT molecular complexity index is 1260. The first-order valence-electron chi connectivity index (χ1n) is 10.4. The van der Waals surface area contributed by atoms with E-state index >= 15 is 0 Å². The van der Waals surface area contributed by atoms with Gasteiger partial charge in [0.05, 0.1) is 30.0 Å². The molecular formula is C22H24ClN7O. The summed E-state index contributed by atoms with van der Waals surface area (Å²) in [6.07, 6.45) is 9.61. The first kappa shape index (κ1) is 20.0. The van der Waals surface area contributed by atoms with Crippen molar-refractivity contribution in [3.05, 3.63) is 35.7 Å². The molecule has 1 aliphatic carbocycles. The van der Waals surface area contributed by atoms with E-state index in [-0.39, 0.29) is 6.04 Å². The maximum absolute atomic E-state index is 6.72. The molecule has 8 nitrogen and oxygen atoms in total. The molecule has 160 valence electrons. The second-order valence-electron chi connectivity index (χ2n) is 8.03. The number of ether oxygens (including phenoxy) is 1. The predicted octanol–water partition coefficient (Wildman–Crippen LogP) is 3.94. The molecule has 3 aromatic heterocycles. The zero-order valence-electron chi connectivity index (χ0n) is 17.5. The molecule has 31 heavy (non-hydrogen) atoms. The van der Waals surface area contributed by atoms with Gasteiger partial charge in [0.2, 0.25) is 5.88 Å². The summed E-state index contributed by atoms with van der Waals surface area (Å²) < 4.78 is 5.20. The fraction of sp³-hybridized carbons (Fsp3) is 0.364. The highest BCUT2D eigenvalue weighted by Gasteiger charge is 2.24. The molecule has 0 bridgehead atoms. The smallest absolute Gasteiger partial charge is 0.232 e. The summed E-state index contributed by atoms with van der Waals surface area (Å²) >= 11 is 6.72. The van der Waals surface area contributed by atoms with Crippen LogP contribution in [0.1, 0.15) is 25.7 Å². The maximum atomic E-state index is 6.72. The van der Waals surface area contributed by atoms with Gasteiger partial charge in [0.15, 0.2) is 5.65 Å². The average Bonchev–Trinajstić information content (AvgIpc) is 3.21. The van der Waals surface area contributed by atoms with Gasteiger partial charge >= 0.3 is 0 Å². The molecule has 2 atom stereocenters. The maximum Gasteiger partial charge on any atom is 0.232 e. The molecule has 1 aromatic carbocycles. The van der Waals surface area contributed by atoms with Crippen molar-refractivity contribution < 1.29 is 4.74 Å². The molecule has 3 N–H and O–H groups in total. The Balaban J connectivity index is 1.52. The molecule has 9 heteroatoms. The van der Waals surface area contributed by atoms with E-state index in [0.717, 1.165) is 48.1 Å². The van der Waals surface area contributed by atoms with Gasteiger partial charge in [-0.1, -0.05) is 17.7 Å². The van der Waals surface area contributed by atoms with Gasteiger partial charge in [-0.05, 0) is 31.7 Å². The fourth-order valence-corrected chi connectivity index (χ4v) is 4.64. The van der Waals surface area contributed by atoms with Crippen molar-refractivity contribution in [3.63, 3.8) is 0 Å². The van der Waals surface area contributed by atoms with Gasteiger partial charge in [-0.25, -0.2) is 19.9 Å². The molecule has 0 spiro atoms. The van der Waals surface area contributed by atoms with Crippen molar-refractivity contribution in [2.45, 2.75) is 37.8 Å². The minimum atomic E-state index is 0.256. The van der Waals surface area contributed by atoms with Crippen LogP contribution in [0.3, 0.4) is 0 Å². The third-order valence-corrected chi connectivity index (χ3v) is 6.48. The molecule has 0 radical (unpaired) electrons. The van der Waals surface area contributed by atoms with Crippen LogP contribution in [0.15, 0.2) is 30.7 Å². The van der Waals surface area contributed by atoms with Crippen LogP contribution < -0.4 is 15.4 Å². The zero-order chi connectivity index (χ0) is 21.5. The van der Waals surface area contributed by atoms with Crippen molar-refractivity contribution >= 4 is 39.6 Å². The van der Waals surface area contributed by atoms with Crippen molar-refractivity contribution in [2.75, 3.05) is 19.1 Å². The van der Waals surface area contributed by atoms with Crippen LogP contribution in [0.25, 0.3) is 33.3 Å². The fourth-order valence-electron chi connectivity index (χ4n) is 4.34. The molecule has 0 saturated heterocycles. The van der Waals surface area contributed by atoms with E-state index in [0.29, 0.717) is 33.6 Å². The largest absolute Gasteiger partial charge is 0.480 e. The van der Waals surface area contributed by atoms with Crippen LogP contribution in [-0.4, -0.2) is 51.2 Å². The quantitative estimate of drug-likeness (QED) is 0.498. The predicted molar refractivity (Wildman–Crippen MR) is 123 cm³/mol. The lowest BCUT2D eigenvalue weighted by Crippen LogP contribution is -2.41. The van der Waals surface area contributed by atoms with Gasteiger partial charge in [0.1, 0.15) is 16.9 Å². The monoisotopic (exact) mass is 437 g/mol. The summed E-state index contributed by atoms with van der Waals surface area (Å²) in [5.41, 5.74) is 10.6. The van der Waals surface area contributed by atoms with Crippen LogP contribution >= 0.6 is 11.6 Å². The van der Waals surface area contributed by atoms with E-state index in [1.165, 1.54) is 0 Å². The molecule has 5 rings (SSSR count). The summed E-state index contributed by atoms with van der Waals surface area (Å²) in [6.45, 7) is 0. The number of hydrogen-bond acceptors (Lipinski definition) is 7. The molecule has 3 heterocycles. The van der Waals surface area contributed by atoms with Crippen LogP contribution in [0.2, 0.25) is 5.02 Å². The van der Waals surface area contributed by atoms with E-state index in [9.17, 15) is 0 Å². The van der Waals surface area contributed by atoms with E-state index < -0.39 is 0 Å². The Morgan fingerprint density at radius 2 is 2.00 bits per heavy atom. The van der Waals surface area contributed by atoms with Gasteiger partial charge in [-0.2, -0.15) is 0 Å². The summed E-state index contributed by atoms with van der Waals surface area (Å²) in [4.78, 5) is 23.8. The Labute approximate surface area is 184 Å². The number of methoxy groups -OCH3 is 1. The number of fused-ring (bicyclic) bond motifs is 2. The number of halogens is 1. The van der Waals surface area contributed by atoms with Crippen LogP contribution in [0.4, 0.5) is 5.82 Å². The van der Waals surface area contributed by atoms with Crippen molar-refractivity contribution in [3.8, 4) is 17.0 Å². The average molecular weight is 438 g/mol. The summed E-state index contributed by atoms with van der Waals surface area (Å²) in [5, 5.41) is 0.504. The van der Waals surface area contributed by atoms with E-state index in [1.54, 1.807) is 13.3 Å². The molecule has 0 unspecified atom stereocenters. The SMILES string of the molecule is COc1cnc2ccc(-c3c[nH]c4nc(N(C)[C@@H]5CCC[C@@H](N)C5)cnc34)c(Cl)c2n1. The minimum absolute atomic E-state index is 0.256. The standard InChI is InChI=1S/C22H24ClN7O/c1-30(13-5-3-4-12(24)8-13)17-10-26-20-15(9-27-22(20)28-17)14-6-7-16-21(19(14)23)29-18(31-2)11-25-16/h6-7,9-13H,3-5,8,24H2,1-2H3,(H,27,28)/t12-,13-/m1/s1. The number of aromatic nitrogens is 5. The highest BCUT2D eigenvalue weighted by atomic mass is 35.5. The first-order valence-corrected chi connectivity index (χ1v) is 10.7. The number of nitrogens with one attached hydrogen (secondary N) is 1. The lowest BCUT2D eigenvalue weighted by atomic mass is 9.91. The second-order valence-corrected chi connectivity index (χ2v) is 8.40. The molecule has 1 aliphatic rings. The van der Waals surface area contributed by atoms with Gasteiger partial charge < -0.3 is 20.4 Å². The van der Waals surface area contributed by atoms with Crippen molar-refractivity contribution in [2.24, 2.45) is 5.73 Å². The molecular weight excluding hydrogens is 414 g/mol. The van der Waals surface area contributed by atoms with E-state index in [1.807, 2.05) is 24.5 Å². The molecule has 0 amide bonds. The number of nitrogens with two attached hydrogens (primary N) is 1. The zero-order valence-corrected chi connectivity index (χ0v) is 18.2. The first-order chi connectivity index (χ1) is 15.0. The van der Waals surface area contributed by atoms with Gasteiger partial charge in [-0.15, -0.1) is 0 Å². The normalized spacial score (nSPS) is 19.1. The highest BCUT2D eigenvalue weighted by Crippen LogP contribution is 2.36. The Kier molecular flexibility index (Phi) is 5.11. The van der Waals surface area contributed by atoms with Crippen LogP contribution in [0.5, 0.6) is 5.88 Å². The second kappa shape index (κ2) is 7.94. The molecule has 1 saturated carbocycles. The van der Waals surface area contributed by atoms with Crippen LogP contribution in [0, 0.1) is 0 Å². The number of aromatic amines is 1. The minimum Gasteiger partial charge on any atom is -0.480 e. The van der Waals surface area contributed by atoms with Crippen LogP contribution in [-0.2, 0) is 0 Å². The summed E-state index contributed by atoms with van der Waals surface area (Å²) in [5.74, 6) is 1.25. The number of H-pyrrole nitrogens is 1. The van der Waals surface area contributed by atoms with Gasteiger partial charge in [-0.3, -0.25) is 0 Å². The molecule has 0 aliphatic heterocycles. The number of benzene rings is 1. The van der Waals surface area contributed by atoms with Gasteiger partial charge in [0.25, 0.3) is 0 Å². The van der Waals surface area contributed by atoms with E-state index in [4.69, 9.17) is 32.0 Å². The van der Waals surface area contributed by atoms with Crippen molar-refractivity contribution in [1.29, 1.82) is 0 Å². The number of hydrogen-bond donors (Lipinski definition) is 2. The van der Waals surface area contributed by atoms with Gasteiger partial charge in [0, 0.05) is 36.5 Å². The molecule has 4 aromatic rings. The third-order valence-electron chi connectivity index (χ3n) is 6.09. The summed E-state index contributed by atoms with van der Waals surface area (Å²) in [7, 11) is 3.62. The lowest BCUT2D eigenvalue weighted by Gasteiger charge is -2.34. The number of anilines is 1. The van der Waals surface area contributed by atoms with Crippen molar-refractivity contribution in [1.82, 2.24) is 24.9 Å². The Morgan fingerprint density at radius 1 is 1.13 bits per heavy atom. The van der Waals surface area contributed by atoms with E-state index in [2.05, 4.69) is 26.9 Å². The highest BCUT2D eigenvalue weighted by molar-refractivity contribution is 6.38. The Hall–Kier alpha value is -2.97. The number of nitrogens with zero attached hydrogens (tertiary/aromatic N) is 5. The topological polar surface area (TPSA) is 106 Å².